The minimum Gasteiger partial charge on any atom is -0.492 e. The van der Waals surface area contributed by atoms with Crippen molar-refractivity contribution in [2.45, 2.75) is 40.2 Å². The summed E-state index contributed by atoms with van der Waals surface area (Å²) >= 11 is 0. The van der Waals surface area contributed by atoms with Crippen molar-refractivity contribution in [3.63, 3.8) is 0 Å². The molecule has 0 aromatic heterocycles. The van der Waals surface area contributed by atoms with Crippen LogP contribution in [0, 0.1) is 6.92 Å². The van der Waals surface area contributed by atoms with Gasteiger partial charge in [0.25, 0.3) is 0 Å². The quantitative estimate of drug-likeness (QED) is 0.457. The number of benzene rings is 1. The number of aryl methyl sites for hydroxylation is 1. The molecule has 112 valence electrons. The van der Waals surface area contributed by atoms with Gasteiger partial charge in [-0.05, 0) is 44.9 Å². The second kappa shape index (κ2) is 9.23. The van der Waals surface area contributed by atoms with Gasteiger partial charge in [-0.3, -0.25) is 0 Å². The predicted molar refractivity (Wildman–Crippen MR) is 85.5 cm³/mol. The van der Waals surface area contributed by atoms with Crippen molar-refractivity contribution in [2.24, 2.45) is 4.99 Å². The highest BCUT2D eigenvalue weighted by atomic mass is 16.5. The third-order valence-electron chi connectivity index (χ3n) is 2.96. The van der Waals surface area contributed by atoms with E-state index in [0.717, 1.165) is 24.7 Å². The molecule has 2 N–H and O–H groups in total. The maximum absolute atomic E-state index is 5.68. The first-order chi connectivity index (χ1) is 9.65. The van der Waals surface area contributed by atoms with Gasteiger partial charge in [0.2, 0.25) is 0 Å². The first-order valence-corrected chi connectivity index (χ1v) is 7.40. The molecule has 0 aliphatic rings. The zero-order chi connectivity index (χ0) is 14.8. The van der Waals surface area contributed by atoms with E-state index in [1.54, 1.807) is 0 Å². The first kappa shape index (κ1) is 16.3. The summed E-state index contributed by atoms with van der Waals surface area (Å²) in [4.78, 5) is 4.51. The van der Waals surface area contributed by atoms with E-state index in [0.29, 0.717) is 19.2 Å². The summed E-state index contributed by atoms with van der Waals surface area (Å²) in [6.07, 6.45) is 1.07. The summed E-state index contributed by atoms with van der Waals surface area (Å²) in [5, 5.41) is 6.60. The second-order valence-electron chi connectivity index (χ2n) is 4.88. The number of ether oxygens (including phenoxy) is 1. The lowest BCUT2D eigenvalue weighted by atomic mass is 10.2. The molecular weight excluding hydrogens is 250 g/mol. The molecule has 0 bridgehead atoms. The third kappa shape index (κ3) is 6.45. The first-order valence-electron chi connectivity index (χ1n) is 7.40. The van der Waals surface area contributed by atoms with Crippen molar-refractivity contribution in [1.29, 1.82) is 0 Å². The second-order valence-corrected chi connectivity index (χ2v) is 4.88. The number of guanidine groups is 1. The molecule has 0 saturated heterocycles. The van der Waals surface area contributed by atoms with Crippen LogP contribution in [0.15, 0.2) is 29.3 Å². The number of aliphatic imine (C=N–C) groups is 1. The number of nitrogens with zero attached hydrogens (tertiary/aromatic N) is 1. The van der Waals surface area contributed by atoms with E-state index in [9.17, 15) is 0 Å². The molecule has 0 saturated carbocycles. The largest absolute Gasteiger partial charge is 0.492 e. The lowest BCUT2D eigenvalue weighted by Gasteiger charge is -2.16. The van der Waals surface area contributed by atoms with Crippen LogP contribution >= 0.6 is 0 Å². The van der Waals surface area contributed by atoms with Gasteiger partial charge in [0.15, 0.2) is 5.96 Å². The van der Waals surface area contributed by atoms with Gasteiger partial charge in [-0.1, -0.05) is 19.1 Å². The van der Waals surface area contributed by atoms with Crippen molar-refractivity contribution in [3.05, 3.63) is 29.8 Å². The lowest BCUT2D eigenvalue weighted by molar-refractivity contribution is 0.328. The van der Waals surface area contributed by atoms with Gasteiger partial charge in [0.05, 0.1) is 6.54 Å². The van der Waals surface area contributed by atoms with Crippen molar-refractivity contribution in [2.75, 3.05) is 19.7 Å². The average molecular weight is 277 g/mol. The normalized spacial score (nSPS) is 12.9. The number of rotatable bonds is 7. The Hall–Kier alpha value is -1.71. The predicted octanol–water partition coefficient (Wildman–Crippen LogP) is 2.73. The van der Waals surface area contributed by atoms with Gasteiger partial charge in [-0.25, -0.2) is 4.99 Å². The van der Waals surface area contributed by atoms with E-state index in [-0.39, 0.29) is 0 Å². The van der Waals surface area contributed by atoms with Gasteiger partial charge in [-0.15, -0.1) is 0 Å². The molecular formula is C16H27N3O. The zero-order valence-corrected chi connectivity index (χ0v) is 13.1. The van der Waals surface area contributed by atoms with E-state index in [1.807, 2.05) is 18.2 Å². The van der Waals surface area contributed by atoms with Crippen LogP contribution in [0.2, 0.25) is 0 Å². The lowest BCUT2D eigenvalue weighted by Crippen LogP contribution is -2.42. The molecule has 1 unspecified atom stereocenters. The maximum atomic E-state index is 5.68. The molecule has 0 aliphatic carbocycles. The van der Waals surface area contributed by atoms with Gasteiger partial charge in [0, 0.05) is 12.6 Å². The Bertz CT molecular complexity index is 418. The van der Waals surface area contributed by atoms with Gasteiger partial charge in [0.1, 0.15) is 12.4 Å². The van der Waals surface area contributed by atoms with E-state index < -0.39 is 0 Å². The Morgan fingerprint density at radius 2 is 2.15 bits per heavy atom. The molecule has 0 spiro atoms. The van der Waals surface area contributed by atoms with Gasteiger partial charge < -0.3 is 15.4 Å². The Morgan fingerprint density at radius 3 is 2.80 bits per heavy atom. The monoisotopic (exact) mass is 277 g/mol. The topological polar surface area (TPSA) is 45.7 Å². The van der Waals surface area contributed by atoms with Crippen LogP contribution in [0.1, 0.15) is 32.8 Å². The van der Waals surface area contributed by atoms with E-state index in [2.05, 4.69) is 49.4 Å². The molecule has 1 atom stereocenters. The molecule has 0 radical (unpaired) electrons. The van der Waals surface area contributed by atoms with Crippen LogP contribution in [-0.2, 0) is 0 Å². The Labute approximate surface area is 122 Å². The fraction of sp³-hybridized carbons (Fsp3) is 0.562. The van der Waals surface area contributed by atoms with Crippen LogP contribution in [0.4, 0.5) is 0 Å². The average Bonchev–Trinajstić information content (AvgIpc) is 2.43. The smallest absolute Gasteiger partial charge is 0.191 e. The maximum Gasteiger partial charge on any atom is 0.191 e. The highest BCUT2D eigenvalue weighted by molar-refractivity contribution is 5.80. The molecule has 1 rings (SSSR count). The summed E-state index contributed by atoms with van der Waals surface area (Å²) in [7, 11) is 0. The number of nitrogens with one attached hydrogen (secondary N) is 2. The Kier molecular flexibility index (Phi) is 7.55. The standard InChI is InChI=1S/C16H27N3O/c1-5-14(4)19-16(17-6-2)18-10-11-20-15-9-7-8-13(3)12-15/h7-9,12,14H,5-6,10-11H2,1-4H3,(H2,17,18,19). The summed E-state index contributed by atoms with van der Waals surface area (Å²) in [6, 6.07) is 8.49. The highest BCUT2D eigenvalue weighted by Gasteiger charge is 2.01. The fourth-order valence-electron chi connectivity index (χ4n) is 1.68. The highest BCUT2D eigenvalue weighted by Crippen LogP contribution is 2.11. The molecule has 4 nitrogen and oxygen atoms in total. The minimum atomic E-state index is 0.422. The molecule has 1 aromatic rings. The summed E-state index contributed by atoms with van der Waals surface area (Å²) < 4.78 is 5.68. The van der Waals surface area contributed by atoms with E-state index in [1.165, 1.54) is 5.56 Å². The molecule has 0 amide bonds. The number of hydrogen-bond acceptors (Lipinski definition) is 2. The van der Waals surface area contributed by atoms with Crippen LogP contribution < -0.4 is 15.4 Å². The van der Waals surface area contributed by atoms with Gasteiger partial charge in [-0.2, -0.15) is 0 Å². The Balaban J connectivity index is 2.39. The van der Waals surface area contributed by atoms with Crippen LogP contribution in [0.25, 0.3) is 0 Å². The molecule has 20 heavy (non-hydrogen) atoms. The molecule has 0 heterocycles. The zero-order valence-electron chi connectivity index (χ0n) is 13.1. The van der Waals surface area contributed by atoms with Crippen LogP contribution in [0.5, 0.6) is 5.75 Å². The van der Waals surface area contributed by atoms with Crippen molar-refractivity contribution < 1.29 is 4.74 Å². The van der Waals surface area contributed by atoms with Crippen molar-refractivity contribution >= 4 is 5.96 Å². The number of hydrogen-bond donors (Lipinski definition) is 2. The molecule has 0 fully saturated rings. The molecule has 0 aliphatic heterocycles. The minimum absolute atomic E-state index is 0.422. The Morgan fingerprint density at radius 1 is 1.35 bits per heavy atom. The molecule has 1 aromatic carbocycles. The van der Waals surface area contributed by atoms with Crippen molar-refractivity contribution in [1.82, 2.24) is 10.6 Å². The summed E-state index contributed by atoms with van der Waals surface area (Å²) in [6.45, 7) is 10.5. The third-order valence-corrected chi connectivity index (χ3v) is 2.96. The van der Waals surface area contributed by atoms with Gasteiger partial charge >= 0.3 is 0 Å². The van der Waals surface area contributed by atoms with Crippen LogP contribution in [-0.4, -0.2) is 31.7 Å². The van der Waals surface area contributed by atoms with Crippen LogP contribution in [0.3, 0.4) is 0 Å². The fourth-order valence-corrected chi connectivity index (χ4v) is 1.68. The van der Waals surface area contributed by atoms with E-state index in [4.69, 9.17) is 4.74 Å². The summed E-state index contributed by atoms with van der Waals surface area (Å²) in [5.74, 6) is 1.76. The molecule has 4 heteroatoms. The summed E-state index contributed by atoms with van der Waals surface area (Å²) in [5.41, 5.74) is 1.21. The van der Waals surface area contributed by atoms with Crippen molar-refractivity contribution in [3.8, 4) is 5.75 Å². The SMILES string of the molecule is CCNC(=NCCOc1cccc(C)c1)NC(C)CC. The van der Waals surface area contributed by atoms with E-state index >= 15 is 0 Å².